The maximum absolute atomic E-state index is 12.8. The van der Waals surface area contributed by atoms with Crippen molar-refractivity contribution in [3.8, 4) is 5.75 Å². The number of ether oxygens (including phenoxy) is 1. The van der Waals surface area contributed by atoms with Gasteiger partial charge in [-0.3, -0.25) is 4.39 Å². The molecule has 4 heteroatoms. The van der Waals surface area contributed by atoms with E-state index in [0.29, 0.717) is 11.3 Å². The van der Waals surface area contributed by atoms with Crippen molar-refractivity contribution in [3.63, 3.8) is 0 Å². The summed E-state index contributed by atoms with van der Waals surface area (Å²) in [5.74, 6) is -0.0241. The van der Waals surface area contributed by atoms with E-state index in [2.05, 4.69) is 0 Å². The first-order valence-corrected chi connectivity index (χ1v) is 4.34. The quantitative estimate of drug-likeness (QED) is 0.810. The third kappa shape index (κ3) is 2.42. The van der Waals surface area contributed by atoms with Gasteiger partial charge in [-0.1, -0.05) is 6.07 Å². The van der Waals surface area contributed by atoms with E-state index in [4.69, 9.17) is 10.5 Å². The van der Waals surface area contributed by atoms with Crippen LogP contribution in [0, 0.1) is 5.82 Å². The fourth-order valence-electron chi connectivity index (χ4n) is 1.26. The summed E-state index contributed by atoms with van der Waals surface area (Å²) in [5, 5.41) is 0. The Morgan fingerprint density at radius 2 is 2.21 bits per heavy atom. The Morgan fingerprint density at radius 1 is 1.50 bits per heavy atom. The molecule has 0 fully saturated rings. The molecule has 2 N–H and O–H groups in total. The molecule has 0 bridgehead atoms. The van der Waals surface area contributed by atoms with Crippen molar-refractivity contribution in [2.24, 2.45) is 5.73 Å². The number of hydrogen-bond donors (Lipinski definition) is 1. The molecule has 14 heavy (non-hydrogen) atoms. The second-order valence-electron chi connectivity index (χ2n) is 2.97. The summed E-state index contributed by atoms with van der Waals surface area (Å²) in [6, 6.07) is 3.60. The summed E-state index contributed by atoms with van der Waals surface area (Å²) in [6.07, 6.45) is 0.210. The zero-order valence-electron chi connectivity index (χ0n) is 7.97. The van der Waals surface area contributed by atoms with Crippen LogP contribution in [-0.2, 0) is 0 Å². The second-order valence-corrected chi connectivity index (χ2v) is 2.97. The van der Waals surface area contributed by atoms with Gasteiger partial charge in [-0.15, -0.1) is 0 Å². The van der Waals surface area contributed by atoms with Crippen LogP contribution in [-0.4, -0.2) is 13.8 Å². The fraction of sp³-hybridized carbons (Fsp3) is 0.400. The van der Waals surface area contributed by atoms with Crippen LogP contribution in [0.4, 0.5) is 8.78 Å². The van der Waals surface area contributed by atoms with E-state index in [1.165, 1.54) is 25.3 Å². The number of benzene rings is 1. The Labute approximate surface area is 81.7 Å². The lowest BCUT2D eigenvalue weighted by Gasteiger charge is -2.14. The first kappa shape index (κ1) is 10.9. The minimum absolute atomic E-state index is 0.210. The number of hydrogen-bond acceptors (Lipinski definition) is 2. The summed E-state index contributed by atoms with van der Waals surface area (Å²) in [7, 11) is 1.43. The molecule has 78 valence electrons. The van der Waals surface area contributed by atoms with Crippen LogP contribution in [0.5, 0.6) is 5.75 Å². The van der Waals surface area contributed by atoms with Gasteiger partial charge in [0, 0.05) is 17.7 Å². The van der Waals surface area contributed by atoms with Gasteiger partial charge in [-0.25, -0.2) is 4.39 Å². The van der Waals surface area contributed by atoms with Crippen molar-refractivity contribution in [1.82, 2.24) is 0 Å². The van der Waals surface area contributed by atoms with Gasteiger partial charge in [-0.05, 0) is 12.5 Å². The van der Waals surface area contributed by atoms with Gasteiger partial charge >= 0.3 is 0 Å². The van der Waals surface area contributed by atoms with Crippen LogP contribution in [0.3, 0.4) is 0 Å². The lowest BCUT2D eigenvalue weighted by Crippen LogP contribution is -2.12. The highest BCUT2D eigenvalue weighted by molar-refractivity contribution is 5.36. The highest BCUT2D eigenvalue weighted by Crippen LogP contribution is 2.26. The highest BCUT2D eigenvalue weighted by atomic mass is 19.1. The Bertz CT molecular complexity index is 304. The Hall–Kier alpha value is -1.16. The van der Waals surface area contributed by atoms with Crippen LogP contribution in [0.2, 0.25) is 0 Å². The molecule has 0 aromatic heterocycles. The first-order valence-electron chi connectivity index (χ1n) is 4.34. The topological polar surface area (TPSA) is 35.2 Å². The van der Waals surface area contributed by atoms with Crippen LogP contribution in [0.15, 0.2) is 18.2 Å². The zero-order chi connectivity index (χ0) is 10.6. The van der Waals surface area contributed by atoms with Gasteiger partial charge < -0.3 is 10.5 Å². The standard InChI is InChI=1S/C10H13F2NO/c1-14-10-6-7(12)2-3-8(10)9(13)4-5-11/h2-3,6,9H,4-5,13H2,1H3/t9-/m1/s1. The summed E-state index contributed by atoms with van der Waals surface area (Å²) in [5.41, 5.74) is 6.32. The van der Waals surface area contributed by atoms with E-state index in [-0.39, 0.29) is 6.42 Å². The van der Waals surface area contributed by atoms with Gasteiger partial charge in [0.15, 0.2) is 0 Å². The maximum atomic E-state index is 12.8. The Morgan fingerprint density at radius 3 is 2.79 bits per heavy atom. The van der Waals surface area contributed by atoms with Crippen molar-refractivity contribution in [3.05, 3.63) is 29.6 Å². The average Bonchev–Trinajstić information content (AvgIpc) is 2.17. The van der Waals surface area contributed by atoms with Crippen LogP contribution >= 0.6 is 0 Å². The van der Waals surface area contributed by atoms with E-state index in [9.17, 15) is 8.78 Å². The maximum Gasteiger partial charge on any atom is 0.126 e. The molecule has 1 atom stereocenters. The van der Waals surface area contributed by atoms with E-state index in [1.807, 2.05) is 0 Å². The van der Waals surface area contributed by atoms with E-state index in [1.54, 1.807) is 0 Å². The number of rotatable bonds is 4. The second kappa shape index (κ2) is 4.91. The summed E-state index contributed by atoms with van der Waals surface area (Å²) in [4.78, 5) is 0. The van der Waals surface area contributed by atoms with Crippen molar-refractivity contribution in [1.29, 1.82) is 0 Å². The SMILES string of the molecule is COc1cc(F)ccc1[C@H](N)CCF. The molecule has 1 rings (SSSR count). The summed E-state index contributed by atoms with van der Waals surface area (Å²) in [6.45, 7) is -0.498. The van der Waals surface area contributed by atoms with Crippen molar-refractivity contribution in [2.45, 2.75) is 12.5 Å². The fourth-order valence-corrected chi connectivity index (χ4v) is 1.26. The van der Waals surface area contributed by atoms with E-state index < -0.39 is 18.5 Å². The predicted molar refractivity (Wildman–Crippen MR) is 50.5 cm³/mol. The highest BCUT2D eigenvalue weighted by Gasteiger charge is 2.12. The van der Waals surface area contributed by atoms with Gasteiger partial charge in [-0.2, -0.15) is 0 Å². The minimum atomic E-state index is -0.498. The molecular weight excluding hydrogens is 188 g/mol. The monoisotopic (exact) mass is 201 g/mol. The molecule has 0 aliphatic rings. The molecular formula is C10H13F2NO. The Kier molecular flexibility index (Phi) is 3.83. The third-order valence-corrected chi connectivity index (χ3v) is 2.02. The molecule has 0 radical (unpaired) electrons. The van der Waals surface area contributed by atoms with Gasteiger partial charge in [0.05, 0.1) is 13.8 Å². The molecule has 0 unspecified atom stereocenters. The minimum Gasteiger partial charge on any atom is -0.496 e. The van der Waals surface area contributed by atoms with Gasteiger partial charge in [0.1, 0.15) is 11.6 Å². The summed E-state index contributed by atoms with van der Waals surface area (Å²) < 4.78 is 29.8. The molecule has 0 spiro atoms. The summed E-state index contributed by atoms with van der Waals surface area (Å²) >= 11 is 0. The van der Waals surface area contributed by atoms with Crippen molar-refractivity contribution in [2.75, 3.05) is 13.8 Å². The third-order valence-electron chi connectivity index (χ3n) is 2.02. The molecule has 0 saturated heterocycles. The zero-order valence-corrected chi connectivity index (χ0v) is 7.97. The molecule has 0 heterocycles. The van der Waals surface area contributed by atoms with Crippen molar-refractivity contribution < 1.29 is 13.5 Å². The normalized spacial score (nSPS) is 12.6. The molecule has 1 aromatic carbocycles. The number of methoxy groups -OCH3 is 1. The van der Waals surface area contributed by atoms with Crippen LogP contribution in [0.1, 0.15) is 18.0 Å². The lowest BCUT2D eigenvalue weighted by molar-refractivity contribution is 0.392. The van der Waals surface area contributed by atoms with E-state index in [0.717, 1.165) is 0 Å². The Balaban J connectivity index is 2.95. The number of halogens is 2. The first-order chi connectivity index (χ1) is 6.69. The van der Waals surface area contributed by atoms with Crippen molar-refractivity contribution >= 4 is 0 Å². The van der Waals surface area contributed by atoms with Gasteiger partial charge in [0.25, 0.3) is 0 Å². The number of alkyl halides is 1. The average molecular weight is 201 g/mol. The largest absolute Gasteiger partial charge is 0.496 e. The molecule has 1 aromatic rings. The number of nitrogens with two attached hydrogens (primary N) is 1. The lowest BCUT2D eigenvalue weighted by atomic mass is 10.0. The molecule has 0 amide bonds. The molecule has 0 saturated carbocycles. The smallest absolute Gasteiger partial charge is 0.126 e. The van der Waals surface area contributed by atoms with Crippen LogP contribution in [0.25, 0.3) is 0 Å². The molecule has 2 nitrogen and oxygen atoms in total. The van der Waals surface area contributed by atoms with Crippen LogP contribution < -0.4 is 10.5 Å². The van der Waals surface area contributed by atoms with E-state index >= 15 is 0 Å². The van der Waals surface area contributed by atoms with Gasteiger partial charge in [0.2, 0.25) is 0 Å². The molecule has 0 aliphatic heterocycles. The predicted octanol–water partition coefficient (Wildman–Crippen LogP) is 2.19. The molecule has 0 aliphatic carbocycles.